The summed E-state index contributed by atoms with van der Waals surface area (Å²) in [6.45, 7) is 6.89. The van der Waals surface area contributed by atoms with Gasteiger partial charge in [0, 0.05) is 69.0 Å². The van der Waals surface area contributed by atoms with Gasteiger partial charge in [0.2, 0.25) is 17.7 Å². The molecule has 26 nitrogen and oxygen atoms in total. The number of nitriles is 3. The first-order chi connectivity index (χ1) is 56.3. The molecule has 3 N–H and O–H groups in total. The minimum atomic E-state index is -3.04. The molecule has 1 saturated heterocycles. The van der Waals surface area contributed by atoms with Gasteiger partial charge in [-0.2, -0.15) is 15.8 Å². The average Bonchev–Trinajstić information content (AvgIpc) is 1.45. The van der Waals surface area contributed by atoms with E-state index in [0.29, 0.717) is 123 Å². The Kier molecular flexibility index (Phi) is 26.1. The van der Waals surface area contributed by atoms with Crippen LogP contribution < -0.4 is 20.9 Å². The zero-order chi connectivity index (χ0) is 81.1. The number of amides is 3. The van der Waals surface area contributed by atoms with Gasteiger partial charge in [0.25, 0.3) is 0 Å². The predicted octanol–water partition coefficient (Wildman–Crippen LogP) is 16.1. The van der Waals surface area contributed by atoms with E-state index in [4.69, 9.17) is 25.5 Å². The van der Waals surface area contributed by atoms with Gasteiger partial charge in [-0.15, -0.1) is 45.3 Å². The second-order valence-electron chi connectivity index (χ2n) is 26.8. The molecule has 13 heterocycles. The normalized spacial score (nSPS) is 12.4. The fourth-order valence-corrected chi connectivity index (χ4v) is 16.5. The van der Waals surface area contributed by atoms with Gasteiger partial charge < -0.3 is 25.6 Å². The Hall–Kier alpha value is -13.3. The lowest BCUT2D eigenvalue weighted by atomic mass is 9.83. The van der Waals surface area contributed by atoms with E-state index in [-0.39, 0.29) is 41.4 Å². The standard InChI is InChI=1S/C22H17N5OS.C22H26N4O4S2.C21H15N5OS.C20H13N5OS/c1-22(2,15-8-6-14(13-23)7-9-15)21(28)27-18-16-10-12-29-20(16)26-19(25-18)17-5-3-4-11-24-17;1-30-12-6-2-3-8-18(27)16-15-31-22-19(16)21(26-10-13-32(28,29)14-11-26)24-20(25-22)17-7-4-5-9-23-17;1-13(15-7-5-14(12-22)6-8-15)20(27)25-18-16-9-11-28-21(16)26-19(24-18)17-4-2-3-10-23-17;21-12-14-6-4-13(5-7-14)11-17(26)23-18-15-8-10-27-20(15)25-19(24-18)16-3-1-2-9-22-16/h3-12H,1-2H3,(H,25,26,27,28);4-5,7,9,15H,2-3,6,8,10-14H2,1H3;2-11,13H,1H3,(H,24,25,26,27);1-10H,11H2,(H,23,24,25,26). The minimum Gasteiger partial charge on any atom is -0.385 e. The second kappa shape index (κ2) is 37.5. The number of thiophene rings is 4. The molecule has 0 radical (unpaired) electrons. The molecular formula is C85H71N19O7S5. The van der Waals surface area contributed by atoms with E-state index >= 15 is 0 Å². The monoisotopic (exact) mass is 1630 g/mol. The highest BCUT2D eigenvalue weighted by Gasteiger charge is 2.32. The van der Waals surface area contributed by atoms with Crippen molar-refractivity contribution in [2.75, 3.05) is 59.2 Å². The molecule has 0 bridgehead atoms. The molecule has 3 amide bonds. The zero-order valence-corrected chi connectivity index (χ0v) is 67.0. The van der Waals surface area contributed by atoms with E-state index in [1.165, 1.54) is 45.3 Å². The number of unbranched alkanes of at least 4 members (excludes halogenated alkanes) is 2. The molecule has 1 atom stereocenters. The first-order valence-corrected chi connectivity index (χ1v) is 41.8. The number of fused-ring (bicyclic) bond motifs is 4. The summed E-state index contributed by atoms with van der Waals surface area (Å²) in [5.74, 6) is 3.17. The van der Waals surface area contributed by atoms with Crippen LogP contribution in [-0.2, 0) is 40.8 Å². The van der Waals surface area contributed by atoms with Crippen LogP contribution in [0.25, 0.3) is 86.9 Å². The Morgan fingerprint density at radius 2 is 0.957 bits per heavy atom. The van der Waals surface area contributed by atoms with Gasteiger partial charge in [-0.25, -0.2) is 48.3 Å². The maximum absolute atomic E-state index is 13.2. The number of carbonyl (C=O) groups is 4. The molecule has 0 saturated carbocycles. The minimum absolute atomic E-state index is 0.0636. The van der Waals surface area contributed by atoms with Gasteiger partial charge in [-0.3, -0.25) is 39.1 Å². The molecule has 1 aliphatic heterocycles. The number of Topliss-reactive ketones (excluding diaryl/α,β-unsaturated/α-hetero) is 1. The van der Waals surface area contributed by atoms with Crippen molar-refractivity contribution >= 4 is 143 Å². The van der Waals surface area contributed by atoms with Crippen molar-refractivity contribution in [2.24, 2.45) is 0 Å². The number of nitrogens with one attached hydrogen (secondary N) is 3. The Bertz CT molecular complexity index is 6260. The van der Waals surface area contributed by atoms with E-state index in [1.807, 2.05) is 138 Å². The largest absolute Gasteiger partial charge is 0.385 e. The molecule has 1 aliphatic rings. The molecule has 16 rings (SSSR count). The van der Waals surface area contributed by atoms with E-state index in [1.54, 1.807) is 105 Å². The molecule has 1 unspecified atom stereocenters. The van der Waals surface area contributed by atoms with E-state index in [2.05, 4.69) is 89.0 Å². The third-order valence-electron chi connectivity index (χ3n) is 18.6. The van der Waals surface area contributed by atoms with Crippen LogP contribution in [0.1, 0.15) is 96.1 Å². The fourth-order valence-electron chi connectivity index (χ4n) is 12.1. The first-order valence-electron chi connectivity index (χ1n) is 36.5. The van der Waals surface area contributed by atoms with Crippen LogP contribution in [0.4, 0.5) is 23.3 Å². The predicted molar refractivity (Wildman–Crippen MR) is 453 cm³/mol. The van der Waals surface area contributed by atoms with Gasteiger partial charge >= 0.3 is 0 Å². The van der Waals surface area contributed by atoms with Gasteiger partial charge in [-0.05, 0) is 170 Å². The number of anilines is 4. The summed E-state index contributed by atoms with van der Waals surface area (Å²) in [7, 11) is -1.37. The topological polar surface area (TPSA) is 377 Å². The molecular weight excluding hydrogens is 1560 g/mol. The lowest BCUT2D eigenvalue weighted by Crippen LogP contribution is -2.41. The van der Waals surface area contributed by atoms with E-state index in [0.717, 1.165) is 72.0 Å². The SMILES string of the molecule is CC(C(=O)Nc1nc(-c2ccccn2)nc2sccc12)c1ccc(C#N)cc1.CC(C)(C(=O)Nc1nc(-c2ccccn2)nc2sccc12)c1ccc(C#N)cc1.COCCCCCC(=O)c1csc2nc(-c3ccccn3)nc(N3CCS(=O)(=O)CC3)c12.N#Cc1ccc(CC(=O)Nc2nc(-c3ccccn3)nc3sccc23)cc1. The van der Waals surface area contributed by atoms with Gasteiger partial charge in [0.1, 0.15) is 65.4 Å². The maximum Gasteiger partial charge on any atom is 0.235 e. The number of aromatic nitrogens is 12. The van der Waals surface area contributed by atoms with Crippen LogP contribution in [0.2, 0.25) is 0 Å². The first kappa shape index (κ1) is 80.7. The van der Waals surface area contributed by atoms with Crippen molar-refractivity contribution < 1.29 is 32.3 Å². The Morgan fingerprint density at radius 3 is 1.41 bits per heavy atom. The molecule has 1 fully saturated rings. The number of nitrogens with zero attached hydrogens (tertiary/aromatic N) is 16. The van der Waals surface area contributed by atoms with Crippen molar-refractivity contribution in [2.45, 2.75) is 64.2 Å². The number of ether oxygens (including phenoxy) is 1. The molecule has 3 aromatic carbocycles. The van der Waals surface area contributed by atoms with Gasteiger partial charge in [0.05, 0.1) is 85.7 Å². The van der Waals surface area contributed by atoms with Crippen molar-refractivity contribution in [3.63, 3.8) is 0 Å². The molecule has 31 heteroatoms. The molecule has 578 valence electrons. The van der Waals surface area contributed by atoms with E-state index in [9.17, 15) is 27.6 Å². The summed E-state index contributed by atoms with van der Waals surface area (Å²) < 4.78 is 29.0. The molecule has 0 aliphatic carbocycles. The average molecular weight is 1630 g/mol. The highest BCUT2D eigenvalue weighted by Crippen LogP contribution is 2.38. The number of hydrogen-bond donors (Lipinski definition) is 3. The number of carbonyl (C=O) groups excluding carboxylic acids is 4. The lowest BCUT2D eigenvalue weighted by molar-refractivity contribution is -0.120. The van der Waals surface area contributed by atoms with Crippen molar-refractivity contribution in [1.29, 1.82) is 15.8 Å². The van der Waals surface area contributed by atoms with Crippen LogP contribution in [0.15, 0.2) is 210 Å². The van der Waals surface area contributed by atoms with Crippen LogP contribution in [0, 0.1) is 34.0 Å². The van der Waals surface area contributed by atoms with Crippen molar-refractivity contribution in [3.8, 4) is 64.3 Å². The third kappa shape index (κ3) is 19.8. The van der Waals surface area contributed by atoms with Crippen molar-refractivity contribution in [1.82, 2.24) is 59.8 Å². The molecule has 15 aromatic rings. The highest BCUT2D eigenvalue weighted by molar-refractivity contribution is 7.91. The Morgan fingerprint density at radius 1 is 0.517 bits per heavy atom. The van der Waals surface area contributed by atoms with Crippen LogP contribution in [-0.4, -0.2) is 130 Å². The van der Waals surface area contributed by atoms with Crippen LogP contribution in [0.3, 0.4) is 0 Å². The maximum atomic E-state index is 13.2. The summed E-state index contributed by atoms with van der Waals surface area (Å²) in [6, 6.07) is 55.0. The quantitative estimate of drug-likeness (QED) is 0.0444. The molecule has 116 heavy (non-hydrogen) atoms. The highest BCUT2D eigenvalue weighted by atomic mass is 32.2. The summed E-state index contributed by atoms with van der Waals surface area (Å²) in [6.07, 6.45) is 10.0. The number of pyridine rings is 4. The molecule has 0 spiro atoms. The third-order valence-corrected chi connectivity index (χ3v) is 23.5. The lowest BCUT2D eigenvalue weighted by Gasteiger charge is -2.28. The Balaban J connectivity index is 0.000000135. The Labute approximate surface area is 682 Å². The summed E-state index contributed by atoms with van der Waals surface area (Å²) in [5.41, 5.74) is 6.54. The van der Waals surface area contributed by atoms with Crippen LogP contribution in [0.5, 0.6) is 0 Å². The van der Waals surface area contributed by atoms with Gasteiger partial charge in [-0.1, -0.05) is 67.1 Å². The summed E-state index contributed by atoms with van der Waals surface area (Å²) >= 11 is 5.87. The van der Waals surface area contributed by atoms with Crippen LogP contribution >= 0.6 is 45.3 Å². The second-order valence-corrected chi connectivity index (χ2v) is 32.6. The summed E-state index contributed by atoms with van der Waals surface area (Å²) in [4.78, 5) is 111. The van der Waals surface area contributed by atoms with Gasteiger partial charge in [0.15, 0.2) is 38.9 Å². The number of ketones is 1. The zero-order valence-electron chi connectivity index (χ0n) is 62.9. The number of hydrogen-bond acceptors (Lipinski definition) is 27. The van der Waals surface area contributed by atoms with Crippen molar-refractivity contribution in [3.05, 3.63) is 249 Å². The number of rotatable bonds is 21. The van der Waals surface area contributed by atoms with E-state index < -0.39 is 21.2 Å². The smallest absolute Gasteiger partial charge is 0.235 e. The number of benzene rings is 3. The summed E-state index contributed by atoms with van der Waals surface area (Å²) in [5, 5.41) is 46.3. The number of sulfone groups is 1. The fraction of sp³-hybridized carbons (Fsp3) is 0.188. The molecule has 12 aromatic heterocycles. The number of methoxy groups -OCH3 is 1.